The summed E-state index contributed by atoms with van der Waals surface area (Å²) in [5.41, 5.74) is -2.27. The van der Waals surface area contributed by atoms with Gasteiger partial charge < -0.3 is 9.84 Å². The molecule has 0 spiro atoms. The molecule has 0 fully saturated rings. The van der Waals surface area contributed by atoms with Crippen molar-refractivity contribution in [2.24, 2.45) is 0 Å². The van der Waals surface area contributed by atoms with E-state index in [1.807, 2.05) is 0 Å². The molecule has 0 aromatic heterocycles. The second-order valence-corrected chi connectivity index (χ2v) is 3.83. The summed E-state index contributed by atoms with van der Waals surface area (Å²) in [7, 11) is 1.07. The maximum Gasteiger partial charge on any atom is 0.335 e. The zero-order valence-corrected chi connectivity index (χ0v) is 9.84. The number of aliphatic hydroxyl groups is 1. The zero-order chi connectivity index (χ0) is 13.6. The van der Waals surface area contributed by atoms with E-state index in [9.17, 15) is 18.0 Å². The molecule has 0 aromatic rings. The molecule has 0 aromatic carbocycles. The number of allylic oxidation sites excluding steroid dienone is 3. The first-order chi connectivity index (χ1) is 7.68. The molecule has 1 N–H and O–H groups in total. The Labute approximate surface area is 97.6 Å². The molecule has 3 nitrogen and oxygen atoms in total. The third-order valence-corrected chi connectivity index (χ3v) is 1.84. The number of rotatable bonds is 5. The summed E-state index contributed by atoms with van der Waals surface area (Å²) < 4.78 is 43.1. The highest BCUT2D eigenvalue weighted by Gasteiger charge is 2.22. The van der Waals surface area contributed by atoms with Crippen molar-refractivity contribution in [3.05, 3.63) is 23.8 Å². The van der Waals surface area contributed by atoms with Gasteiger partial charge in [0.1, 0.15) is 11.7 Å². The molecule has 0 amide bonds. The molecule has 0 heterocycles. The number of halogens is 3. The highest BCUT2D eigenvalue weighted by atomic mass is 19.2. The molecule has 0 aliphatic rings. The van der Waals surface area contributed by atoms with Crippen LogP contribution in [0.5, 0.6) is 0 Å². The first-order valence-electron chi connectivity index (χ1n) is 4.86. The molecule has 6 heteroatoms. The number of alkyl halides is 1. The van der Waals surface area contributed by atoms with Gasteiger partial charge in [-0.1, -0.05) is 0 Å². The van der Waals surface area contributed by atoms with Gasteiger partial charge in [0.2, 0.25) is 0 Å². The van der Waals surface area contributed by atoms with E-state index in [4.69, 9.17) is 5.11 Å². The van der Waals surface area contributed by atoms with Gasteiger partial charge in [-0.2, -0.15) is 0 Å². The van der Waals surface area contributed by atoms with Crippen molar-refractivity contribution in [2.75, 3.05) is 7.11 Å². The van der Waals surface area contributed by atoms with Crippen LogP contribution < -0.4 is 0 Å². The Morgan fingerprint density at radius 1 is 1.47 bits per heavy atom. The second-order valence-electron chi connectivity index (χ2n) is 3.83. The maximum absolute atomic E-state index is 13.0. The van der Waals surface area contributed by atoms with Gasteiger partial charge in [0.25, 0.3) is 0 Å². The van der Waals surface area contributed by atoms with Crippen molar-refractivity contribution in [1.29, 1.82) is 0 Å². The number of hydrogen-bond donors (Lipinski definition) is 1. The molecule has 1 unspecified atom stereocenters. The van der Waals surface area contributed by atoms with Crippen LogP contribution in [0.2, 0.25) is 0 Å². The van der Waals surface area contributed by atoms with Crippen LogP contribution in [0.25, 0.3) is 0 Å². The van der Waals surface area contributed by atoms with Crippen LogP contribution in [0.1, 0.15) is 20.3 Å². The van der Waals surface area contributed by atoms with Gasteiger partial charge in [-0.25, -0.2) is 18.0 Å². The Kier molecular flexibility index (Phi) is 5.95. The molecule has 0 radical (unpaired) electrons. The quantitative estimate of drug-likeness (QED) is 0.603. The predicted octanol–water partition coefficient (Wildman–Crippen LogP) is 2.37. The number of aliphatic hydroxyl groups excluding tert-OH is 1. The summed E-state index contributed by atoms with van der Waals surface area (Å²) in [5, 5.41) is 9.09. The van der Waals surface area contributed by atoms with Crippen LogP contribution in [-0.4, -0.2) is 30.0 Å². The molecular formula is C11H15F3O3. The Hall–Kier alpha value is -1.30. The first kappa shape index (κ1) is 15.7. The van der Waals surface area contributed by atoms with Crippen molar-refractivity contribution >= 4 is 5.97 Å². The Balaban J connectivity index is 4.53. The van der Waals surface area contributed by atoms with Crippen LogP contribution >= 0.6 is 0 Å². The van der Waals surface area contributed by atoms with Crippen molar-refractivity contribution in [2.45, 2.75) is 32.0 Å². The molecule has 0 saturated heterocycles. The summed E-state index contributed by atoms with van der Waals surface area (Å²) >= 11 is 0. The molecule has 1 atom stereocenters. The minimum absolute atomic E-state index is 0.365. The van der Waals surface area contributed by atoms with E-state index in [-0.39, 0.29) is 6.42 Å². The van der Waals surface area contributed by atoms with Gasteiger partial charge in [-0.15, -0.1) is 0 Å². The fourth-order valence-corrected chi connectivity index (χ4v) is 0.808. The standard InChI is InChI=1S/C11H15F3O3/c1-11(2,14)9(13)6-7(12)4-5-8(15)10(16)17-3/h4,6,8,15H,5H2,1-3H3. The third-order valence-electron chi connectivity index (χ3n) is 1.84. The van der Waals surface area contributed by atoms with E-state index < -0.39 is 29.4 Å². The largest absolute Gasteiger partial charge is 0.467 e. The van der Waals surface area contributed by atoms with Crippen molar-refractivity contribution in [3.63, 3.8) is 0 Å². The maximum atomic E-state index is 13.0. The average molecular weight is 252 g/mol. The monoisotopic (exact) mass is 252 g/mol. The normalized spacial score (nSPS) is 15.7. The summed E-state index contributed by atoms with van der Waals surface area (Å²) in [6.45, 7) is 1.88. The SMILES string of the molecule is COC(=O)C(O)CC=C(F)C=C(F)C(C)(C)F. The van der Waals surface area contributed by atoms with E-state index in [1.54, 1.807) is 0 Å². The summed E-state index contributed by atoms with van der Waals surface area (Å²) in [4.78, 5) is 10.7. The topological polar surface area (TPSA) is 46.5 Å². The van der Waals surface area contributed by atoms with Crippen LogP contribution in [0.4, 0.5) is 13.2 Å². The number of methoxy groups -OCH3 is 1. The number of ether oxygens (including phenoxy) is 1. The fraction of sp³-hybridized carbons (Fsp3) is 0.545. The lowest BCUT2D eigenvalue weighted by atomic mass is 10.1. The Morgan fingerprint density at radius 3 is 2.41 bits per heavy atom. The summed E-state index contributed by atoms with van der Waals surface area (Å²) in [5.74, 6) is -3.28. The fourth-order valence-electron chi connectivity index (χ4n) is 0.808. The van der Waals surface area contributed by atoms with Crippen molar-refractivity contribution in [1.82, 2.24) is 0 Å². The van der Waals surface area contributed by atoms with Crippen LogP contribution in [-0.2, 0) is 9.53 Å². The van der Waals surface area contributed by atoms with Crippen molar-refractivity contribution in [3.8, 4) is 0 Å². The lowest BCUT2D eigenvalue weighted by Gasteiger charge is -2.10. The van der Waals surface area contributed by atoms with Crippen LogP contribution in [0, 0.1) is 0 Å². The molecule has 0 saturated carbocycles. The molecular weight excluding hydrogens is 237 g/mol. The number of carbonyl (C=O) groups is 1. The average Bonchev–Trinajstić information content (AvgIpc) is 2.23. The van der Waals surface area contributed by atoms with Gasteiger partial charge in [-0.05, 0) is 19.9 Å². The lowest BCUT2D eigenvalue weighted by molar-refractivity contribution is -0.150. The molecule has 0 rings (SSSR count). The van der Waals surface area contributed by atoms with Gasteiger partial charge in [0.15, 0.2) is 11.8 Å². The van der Waals surface area contributed by atoms with Gasteiger partial charge in [-0.3, -0.25) is 0 Å². The minimum atomic E-state index is -2.27. The first-order valence-corrected chi connectivity index (χ1v) is 4.86. The lowest BCUT2D eigenvalue weighted by Crippen LogP contribution is -2.20. The van der Waals surface area contributed by atoms with Gasteiger partial charge in [0, 0.05) is 12.5 Å². The van der Waals surface area contributed by atoms with E-state index in [1.165, 1.54) is 0 Å². The third kappa shape index (κ3) is 6.11. The Morgan fingerprint density at radius 2 is 2.00 bits per heavy atom. The second kappa shape index (κ2) is 6.44. The summed E-state index contributed by atoms with van der Waals surface area (Å²) in [6.07, 6.45) is -0.771. The van der Waals surface area contributed by atoms with Crippen LogP contribution in [0.15, 0.2) is 23.8 Å². The molecule has 0 bridgehead atoms. The van der Waals surface area contributed by atoms with Gasteiger partial charge in [0.05, 0.1) is 7.11 Å². The molecule has 0 aliphatic carbocycles. The highest BCUT2D eigenvalue weighted by Crippen LogP contribution is 2.23. The molecule has 17 heavy (non-hydrogen) atoms. The minimum Gasteiger partial charge on any atom is -0.467 e. The van der Waals surface area contributed by atoms with E-state index >= 15 is 0 Å². The predicted molar refractivity (Wildman–Crippen MR) is 56.2 cm³/mol. The number of carbonyl (C=O) groups excluding carboxylic acids is 1. The number of esters is 1. The smallest absolute Gasteiger partial charge is 0.335 e. The Bertz CT molecular complexity index is 329. The van der Waals surface area contributed by atoms with E-state index in [0.29, 0.717) is 6.08 Å². The zero-order valence-electron chi connectivity index (χ0n) is 9.84. The molecule has 0 aliphatic heterocycles. The van der Waals surface area contributed by atoms with Gasteiger partial charge >= 0.3 is 5.97 Å². The summed E-state index contributed by atoms with van der Waals surface area (Å²) in [6, 6.07) is 0. The number of hydrogen-bond acceptors (Lipinski definition) is 3. The molecule has 98 valence electrons. The van der Waals surface area contributed by atoms with Crippen LogP contribution in [0.3, 0.4) is 0 Å². The highest BCUT2D eigenvalue weighted by molar-refractivity contribution is 5.74. The van der Waals surface area contributed by atoms with Crippen molar-refractivity contribution < 1.29 is 27.8 Å². The van der Waals surface area contributed by atoms with E-state index in [2.05, 4.69) is 4.74 Å². The van der Waals surface area contributed by atoms with E-state index in [0.717, 1.165) is 27.0 Å².